The Bertz CT molecular complexity index is 1590. The number of nitrogens with one attached hydrogen (secondary N) is 1. The van der Waals surface area contributed by atoms with Crippen molar-refractivity contribution >= 4 is 5.91 Å². The first-order valence-corrected chi connectivity index (χ1v) is 32.1. The molecule has 0 aromatic carbocycles. The molecule has 1 heterocycles. The Morgan fingerprint density at radius 1 is 0.449 bits per heavy atom. The molecule has 7 unspecified atom stereocenters. The molecule has 0 aliphatic carbocycles. The van der Waals surface area contributed by atoms with E-state index in [1.165, 1.54) is 141 Å². The highest BCUT2D eigenvalue weighted by atomic mass is 16.7. The van der Waals surface area contributed by atoms with Crippen molar-refractivity contribution in [2.45, 2.75) is 307 Å². The summed E-state index contributed by atoms with van der Waals surface area (Å²) >= 11 is 0. The number of aliphatic hydroxyl groups excluding tert-OH is 5. The van der Waals surface area contributed by atoms with E-state index in [2.05, 4.69) is 116 Å². The van der Waals surface area contributed by atoms with Gasteiger partial charge in [0, 0.05) is 6.42 Å². The molecule has 1 aliphatic heterocycles. The van der Waals surface area contributed by atoms with Crippen LogP contribution in [0.15, 0.2) is 109 Å². The van der Waals surface area contributed by atoms with Gasteiger partial charge in [0.05, 0.1) is 25.4 Å². The van der Waals surface area contributed by atoms with Gasteiger partial charge in [0.15, 0.2) is 6.29 Å². The summed E-state index contributed by atoms with van der Waals surface area (Å²) < 4.78 is 11.3. The molecular weight excluding hydrogens is 971 g/mol. The Kier molecular flexibility index (Phi) is 53.3. The van der Waals surface area contributed by atoms with Crippen LogP contribution in [-0.2, 0) is 14.3 Å². The Balaban J connectivity index is 2.24. The molecule has 0 aromatic heterocycles. The van der Waals surface area contributed by atoms with Crippen LogP contribution in [0.1, 0.15) is 264 Å². The Hall–Kier alpha value is -3.15. The zero-order valence-corrected chi connectivity index (χ0v) is 49.9. The number of unbranched alkanes of at least 4 members (excludes halogenated alkanes) is 28. The molecule has 1 amide bonds. The zero-order valence-electron chi connectivity index (χ0n) is 49.9. The second kappa shape index (κ2) is 57.1. The van der Waals surface area contributed by atoms with E-state index in [1.54, 1.807) is 6.08 Å². The van der Waals surface area contributed by atoms with Gasteiger partial charge in [-0.1, -0.05) is 277 Å². The monoisotopic (exact) mass is 1090 g/mol. The van der Waals surface area contributed by atoms with Crippen molar-refractivity contribution in [2.24, 2.45) is 0 Å². The highest BCUT2D eigenvalue weighted by Gasteiger charge is 2.44. The third-order valence-electron chi connectivity index (χ3n) is 14.6. The standard InChI is InChI=1S/C69H119NO8/c1-3-5-7-9-11-13-15-17-19-21-23-25-27-29-31-33-34-36-38-40-42-44-46-48-50-52-54-56-58-63(72)62(61-77-69-68(76)67(75)66(74)64(60-71)78-69)70-65(73)59-57-55-53-51-49-47-45-43-41-39-37-35-32-30-28-26-24-22-20-18-16-14-12-10-8-6-4-2/h6,8,12,14,18,20,24,26,30,32,37,39,43,45,48,50,56,58,62-64,66-69,71-72,74-76H,3-5,7,9-11,13,15-17,19,21-23,25,27-29,31,33-36,38,40-42,44,46-47,49,51-55,57,59-61H2,1-2H3,(H,70,73)/b8-6-,14-12-,20-18-,26-24-,32-30-,39-37-,45-43-,50-48+,58-56+. The number of hydrogen-bond donors (Lipinski definition) is 6. The van der Waals surface area contributed by atoms with Crippen LogP contribution in [0.3, 0.4) is 0 Å². The first-order valence-electron chi connectivity index (χ1n) is 32.1. The van der Waals surface area contributed by atoms with Crippen LogP contribution in [0.25, 0.3) is 0 Å². The van der Waals surface area contributed by atoms with Gasteiger partial charge in [0.1, 0.15) is 24.4 Å². The molecular formula is C69H119NO8. The summed E-state index contributed by atoms with van der Waals surface area (Å²) in [4.78, 5) is 13.1. The van der Waals surface area contributed by atoms with Crippen LogP contribution >= 0.6 is 0 Å². The minimum absolute atomic E-state index is 0.208. The number of amides is 1. The summed E-state index contributed by atoms with van der Waals surface area (Å²) in [7, 11) is 0. The van der Waals surface area contributed by atoms with Gasteiger partial charge in [0.2, 0.25) is 5.91 Å². The number of allylic oxidation sites excluding steroid dienone is 17. The number of ether oxygens (including phenoxy) is 2. The van der Waals surface area contributed by atoms with Gasteiger partial charge < -0.3 is 40.3 Å². The maximum Gasteiger partial charge on any atom is 0.220 e. The molecule has 78 heavy (non-hydrogen) atoms. The lowest BCUT2D eigenvalue weighted by atomic mass is 9.99. The summed E-state index contributed by atoms with van der Waals surface area (Å²) in [6, 6.07) is -0.842. The Labute approximate surface area is 478 Å². The van der Waals surface area contributed by atoms with Gasteiger partial charge in [0.25, 0.3) is 0 Å². The topological polar surface area (TPSA) is 149 Å². The van der Waals surface area contributed by atoms with E-state index < -0.39 is 49.5 Å². The van der Waals surface area contributed by atoms with Crippen LogP contribution < -0.4 is 5.32 Å². The second-order valence-electron chi connectivity index (χ2n) is 21.8. The quantitative estimate of drug-likeness (QED) is 0.0261. The molecule has 1 aliphatic rings. The summed E-state index contributed by atoms with van der Waals surface area (Å²) in [6.45, 7) is 3.65. The molecule has 0 bridgehead atoms. The maximum atomic E-state index is 13.1. The zero-order chi connectivity index (χ0) is 56.5. The molecule has 6 N–H and O–H groups in total. The fourth-order valence-electron chi connectivity index (χ4n) is 9.57. The highest BCUT2D eigenvalue weighted by molar-refractivity contribution is 5.76. The van der Waals surface area contributed by atoms with Crippen molar-refractivity contribution in [3.05, 3.63) is 109 Å². The van der Waals surface area contributed by atoms with Crippen molar-refractivity contribution in [3.8, 4) is 0 Å². The van der Waals surface area contributed by atoms with Gasteiger partial charge in [-0.2, -0.15) is 0 Å². The first kappa shape index (κ1) is 72.9. The number of rotatable bonds is 54. The molecule has 0 radical (unpaired) electrons. The van der Waals surface area contributed by atoms with Crippen LogP contribution in [0.4, 0.5) is 0 Å². The van der Waals surface area contributed by atoms with Gasteiger partial charge in [-0.05, 0) is 89.9 Å². The average molecular weight is 1090 g/mol. The molecule has 9 heteroatoms. The highest BCUT2D eigenvalue weighted by Crippen LogP contribution is 2.23. The molecule has 1 rings (SSSR count). The minimum Gasteiger partial charge on any atom is -0.394 e. The average Bonchev–Trinajstić information content (AvgIpc) is 3.45. The summed E-state index contributed by atoms with van der Waals surface area (Å²) in [6.07, 6.45) is 77.4. The van der Waals surface area contributed by atoms with Crippen LogP contribution in [0.5, 0.6) is 0 Å². The molecule has 1 fully saturated rings. The summed E-state index contributed by atoms with van der Waals surface area (Å²) in [5, 5.41) is 54.6. The molecule has 0 aromatic rings. The van der Waals surface area contributed by atoms with Crippen molar-refractivity contribution in [2.75, 3.05) is 13.2 Å². The molecule has 448 valence electrons. The van der Waals surface area contributed by atoms with E-state index >= 15 is 0 Å². The Morgan fingerprint density at radius 2 is 0.808 bits per heavy atom. The smallest absolute Gasteiger partial charge is 0.220 e. The predicted octanol–water partition coefficient (Wildman–Crippen LogP) is 16.9. The van der Waals surface area contributed by atoms with Gasteiger partial charge in [-0.3, -0.25) is 4.79 Å². The maximum absolute atomic E-state index is 13.1. The Morgan fingerprint density at radius 3 is 1.23 bits per heavy atom. The lowest BCUT2D eigenvalue weighted by Crippen LogP contribution is -2.60. The first-order chi connectivity index (χ1) is 38.3. The van der Waals surface area contributed by atoms with Crippen molar-refractivity contribution in [3.63, 3.8) is 0 Å². The van der Waals surface area contributed by atoms with Crippen LogP contribution in [0.2, 0.25) is 0 Å². The lowest BCUT2D eigenvalue weighted by molar-refractivity contribution is -0.302. The largest absolute Gasteiger partial charge is 0.394 e. The van der Waals surface area contributed by atoms with Gasteiger partial charge in [-0.25, -0.2) is 0 Å². The van der Waals surface area contributed by atoms with E-state index in [0.717, 1.165) is 103 Å². The fraction of sp³-hybridized carbons (Fsp3) is 0.725. The molecule has 0 spiro atoms. The molecule has 1 saturated heterocycles. The van der Waals surface area contributed by atoms with Crippen LogP contribution in [-0.4, -0.2) is 87.5 Å². The second-order valence-corrected chi connectivity index (χ2v) is 21.8. The number of carbonyl (C=O) groups excluding carboxylic acids is 1. The molecule has 9 nitrogen and oxygen atoms in total. The molecule has 7 atom stereocenters. The number of carbonyl (C=O) groups is 1. The number of hydrogen-bond acceptors (Lipinski definition) is 8. The third-order valence-corrected chi connectivity index (χ3v) is 14.6. The molecule has 0 saturated carbocycles. The predicted molar refractivity (Wildman–Crippen MR) is 331 cm³/mol. The minimum atomic E-state index is -1.58. The van der Waals surface area contributed by atoms with Gasteiger partial charge >= 0.3 is 0 Å². The third kappa shape index (κ3) is 45.6. The van der Waals surface area contributed by atoms with E-state index in [1.807, 2.05) is 6.08 Å². The normalized spacial score (nSPS) is 19.4. The van der Waals surface area contributed by atoms with E-state index in [-0.39, 0.29) is 12.5 Å². The SMILES string of the molecule is CC/C=C\C/C=C\C/C=C\C/C=C\C/C=C\C/C=C\C/C=C\CCCCCCCC(=O)NC(COC1OC(CO)C(O)C(O)C1O)C(O)/C=C/CC/C=C/CCCCCCCCCCCCCCCCCCCCCCCC. The number of aliphatic hydroxyl groups is 5. The van der Waals surface area contributed by atoms with E-state index in [9.17, 15) is 30.3 Å². The van der Waals surface area contributed by atoms with Gasteiger partial charge in [-0.15, -0.1) is 0 Å². The van der Waals surface area contributed by atoms with Crippen molar-refractivity contribution < 1.29 is 39.8 Å². The van der Waals surface area contributed by atoms with Crippen LogP contribution in [0, 0.1) is 0 Å². The lowest BCUT2D eigenvalue weighted by Gasteiger charge is -2.40. The fourth-order valence-corrected chi connectivity index (χ4v) is 9.57. The van der Waals surface area contributed by atoms with E-state index in [4.69, 9.17) is 9.47 Å². The summed E-state index contributed by atoms with van der Waals surface area (Å²) in [5.74, 6) is -0.208. The summed E-state index contributed by atoms with van der Waals surface area (Å²) in [5.41, 5.74) is 0. The van der Waals surface area contributed by atoms with E-state index in [0.29, 0.717) is 6.42 Å². The van der Waals surface area contributed by atoms with Crippen molar-refractivity contribution in [1.29, 1.82) is 0 Å². The van der Waals surface area contributed by atoms with Crippen molar-refractivity contribution in [1.82, 2.24) is 5.32 Å².